The molecule has 0 radical (unpaired) electrons. The average molecular weight is 674 g/mol. The van der Waals surface area contributed by atoms with Gasteiger partial charge in [0.05, 0.1) is 23.1 Å². The number of likely N-dealkylation sites (N-methyl/N-ethyl adjacent to an activating group) is 1. The molecule has 2 saturated heterocycles. The van der Waals surface area contributed by atoms with Crippen molar-refractivity contribution in [1.29, 1.82) is 5.26 Å². The number of rotatable bonds is 9. The van der Waals surface area contributed by atoms with Crippen molar-refractivity contribution in [2.24, 2.45) is 0 Å². The predicted molar refractivity (Wildman–Crippen MR) is 181 cm³/mol. The first-order valence-electron chi connectivity index (χ1n) is 16.8. The fraction of sp³-hybridized carbons (Fsp3) is 0.588. The maximum atomic E-state index is 13.1. The van der Waals surface area contributed by atoms with Gasteiger partial charge in [0.25, 0.3) is 0 Å². The highest BCUT2D eigenvalue weighted by Gasteiger charge is 2.53. The monoisotopic (exact) mass is 673 g/mol. The summed E-state index contributed by atoms with van der Waals surface area (Å²) in [6, 6.07) is 4.72. The summed E-state index contributed by atoms with van der Waals surface area (Å²) in [5.41, 5.74) is 7.28. The van der Waals surface area contributed by atoms with Crippen LogP contribution >= 0.6 is 11.3 Å². The van der Waals surface area contributed by atoms with Crippen molar-refractivity contribution in [2.75, 3.05) is 57.6 Å². The molecule has 7 rings (SSSR count). The van der Waals surface area contributed by atoms with Crippen LogP contribution in [0.25, 0.3) is 11.5 Å². The minimum Gasteiger partial charge on any atom is -0.459 e. The summed E-state index contributed by atoms with van der Waals surface area (Å²) in [7, 11) is 3.74. The molecule has 2 aliphatic carbocycles. The quantitative estimate of drug-likeness (QED) is 0.327. The number of nitrogen functional groups attached to an aromatic ring is 1. The lowest BCUT2D eigenvalue weighted by Gasteiger charge is -2.42. The molecule has 48 heavy (non-hydrogen) atoms. The number of nitrogens with zero attached hydrogens (tertiary/aromatic N) is 8. The predicted octanol–water partition coefficient (Wildman–Crippen LogP) is 3.93. The fourth-order valence-electron chi connectivity index (χ4n) is 7.80. The van der Waals surface area contributed by atoms with E-state index in [4.69, 9.17) is 34.7 Å². The van der Waals surface area contributed by atoms with Crippen LogP contribution in [0.3, 0.4) is 0 Å². The molecule has 5 heterocycles. The van der Waals surface area contributed by atoms with Crippen LogP contribution in [-0.4, -0.2) is 100 Å². The minimum atomic E-state index is -0.645. The summed E-state index contributed by atoms with van der Waals surface area (Å²) in [6.45, 7) is 7.39. The lowest BCUT2D eigenvalue weighted by molar-refractivity contribution is -0.129. The fourth-order valence-corrected chi connectivity index (χ4v) is 8.99. The zero-order valence-electron chi connectivity index (χ0n) is 28.1. The Morgan fingerprint density at radius 2 is 2.08 bits per heavy atom. The number of carbonyl (C=O) groups is 1. The van der Waals surface area contributed by atoms with Crippen molar-refractivity contribution in [3.05, 3.63) is 40.1 Å². The summed E-state index contributed by atoms with van der Waals surface area (Å²) in [5, 5.41) is 14.9. The first-order valence-corrected chi connectivity index (χ1v) is 17.6. The van der Waals surface area contributed by atoms with Crippen LogP contribution in [0.1, 0.15) is 74.3 Å². The third-order valence-corrected chi connectivity index (χ3v) is 11.7. The summed E-state index contributed by atoms with van der Waals surface area (Å²) < 4.78 is 17.5. The molecule has 14 heteroatoms. The normalized spacial score (nSPS) is 24.2. The number of piperazine rings is 1. The second-order valence-corrected chi connectivity index (χ2v) is 14.9. The third kappa shape index (κ3) is 5.82. The number of amides is 1. The number of hydrogen-bond donors (Lipinski definition) is 1. The number of ether oxygens (including phenoxy) is 2. The molecule has 3 aromatic rings. The van der Waals surface area contributed by atoms with Crippen LogP contribution in [0.5, 0.6) is 6.01 Å². The van der Waals surface area contributed by atoms with E-state index in [1.54, 1.807) is 19.3 Å². The molecular weight excluding hydrogens is 630 g/mol. The molecule has 0 unspecified atom stereocenters. The number of nitrogens with two attached hydrogens (primary N) is 1. The number of aromatic nitrogens is 4. The Labute approximate surface area is 284 Å². The van der Waals surface area contributed by atoms with Crippen LogP contribution in [0.15, 0.2) is 22.7 Å². The van der Waals surface area contributed by atoms with Gasteiger partial charge in [0.2, 0.25) is 17.6 Å². The van der Waals surface area contributed by atoms with Crippen molar-refractivity contribution in [3.8, 4) is 23.6 Å². The summed E-state index contributed by atoms with van der Waals surface area (Å²) in [4.78, 5) is 35.3. The number of thiophene rings is 1. The molecular formula is C34H43N9O4S. The smallest absolute Gasteiger partial charge is 0.319 e. The van der Waals surface area contributed by atoms with Gasteiger partial charge in [0, 0.05) is 55.4 Å². The van der Waals surface area contributed by atoms with Crippen LogP contribution < -0.4 is 15.4 Å². The highest BCUT2D eigenvalue weighted by molar-refractivity contribution is 7.16. The Kier molecular flexibility index (Phi) is 8.63. The van der Waals surface area contributed by atoms with Crippen molar-refractivity contribution < 1.29 is 18.8 Å². The largest absolute Gasteiger partial charge is 0.459 e. The van der Waals surface area contributed by atoms with Crippen LogP contribution in [0.4, 0.5) is 10.8 Å². The van der Waals surface area contributed by atoms with E-state index in [-0.39, 0.29) is 29.6 Å². The molecule has 1 amide bonds. The third-order valence-electron chi connectivity index (χ3n) is 10.6. The second-order valence-electron chi connectivity index (χ2n) is 13.8. The molecule has 1 saturated carbocycles. The Balaban J connectivity index is 1.21. The lowest BCUT2D eigenvalue weighted by atomic mass is 9.72. The molecule has 0 bridgehead atoms. The van der Waals surface area contributed by atoms with Gasteiger partial charge >= 0.3 is 6.01 Å². The zero-order chi connectivity index (χ0) is 33.6. The van der Waals surface area contributed by atoms with Gasteiger partial charge < -0.3 is 29.5 Å². The van der Waals surface area contributed by atoms with Crippen molar-refractivity contribution >= 4 is 28.1 Å². The first-order chi connectivity index (χ1) is 23.2. The van der Waals surface area contributed by atoms with E-state index in [9.17, 15) is 10.1 Å². The number of nitriles is 1. The van der Waals surface area contributed by atoms with Gasteiger partial charge in [0.15, 0.2) is 0 Å². The molecule has 2 aliphatic heterocycles. The molecule has 13 nitrogen and oxygen atoms in total. The lowest BCUT2D eigenvalue weighted by Crippen LogP contribution is -2.57. The zero-order valence-corrected chi connectivity index (χ0v) is 28.9. The summed E-state index contributed by atoms with van der Waals surface area (Å²) >= 11 is 1.47. The van der Waals surface area contributed by atoms with E-state index in [1.165, 1.54) is 11.3 Å². The van der Waals surface area contributed by atoms with Crippen LogP contribution in [-0.2, 0) is 21.4 Å². The Morgan fingerprint density at radius 3 is 2.81 bits per heavy atom. The van der Waals surface area contributed by atoms with Crippen molar-refractivity contribution in [1.82, 2.24) is 29.9 Å². The van der Waals surface area contributed by atoms with Crippen LogP contribution in [0, 0.1) is 11.3 Å². The van der Waals surface area contributed by atoms with Gasteiger partial charge in [-0.05, 0) is 72.4 Å². The number of carbonyl (C=O) groups excluding carboxylic acids is 1. The Bertz CT molecular complexity index is 1760. The van der Waals surface area contributed by atoms with E-state index in [1.807, 2.05) is 11.0 Å². The molecule has 4 aliphatic rings. The number of likely N-dealkylation sites (tertiary alicyclic amines) is 1. The number of anilines is 2. The number of hydrogen-bond acceptors (Lipinski definition) is 13. The summed E-state index contributed by atoms with van der Waals surface area (Å²) in [6.07, 6.45) is 9.85. The highest BCUT2D eigenvalue weighted by Crippen LogP contribution is 2.49. The highest BCUT2D eigenvalue weighted by atomic mass is 32.1. The molecule has 3 atom stereocenters. The SMILES string of the molecule is COC/C=C\C(=O)N1CCN(c2cc(-c3noc([C@@]4(C)CCCc5sc(N)c(C#N)c54)n3)nc(O[C@@H](C)[C@@H]3CCCN3C)n2)CC12CC2. The van der Waals surface area contributed by atoms with Gasteiger partial charge in [0.1, 0.15) is 28.7 Å². The van der Waals surface area contributed by atoms with Gasteiger partial charge in [-0.2, -0.15) is 20.2 Å². The maximum absolute atomic E-state index is 13.1. The number of aryl methyl sites for hydroxylation is 1. The van der Waals surface area contributed by atoms with E-state index < -0.39 is 5.41 Å². The van der Waals surface area contributed by atoms with E-state index in [2.05, 4.69) is 41.9 Å². The molecule has 254 valence electrons. The average Bonchev–Trinajstić information content (AvgIpc) is 3.40. The topological polar surface area (TPSA) is 160 Å². The first kappa shape index (κ1) is 32.5. The molecule has 3 fully saturated rings. The molecule has 0 aromatic carbocycles. The van der Waals surface area contributed by atoms with Gasteiger partial charge in [-0.15, -0.1) is 11.3 Å². The van der Waals surface area contributed by atoms with Crippen molar-refractivity contribution in [2.45, 2.75) is 81.9 Å². The molecule has 1 spiro atoms. The van der Waals surface area contributed by atoms with Gasteiger partial charge in [-0.1, -0.05) is 11.2 Å². The van der Waals surface area contributed by atoms with E-state index >= 15 is 0 Å². The van der Waals surface area contributed by atoms with E-state index in [0.717, 1.165) is 61.9 Å². The molecule has 3 aromatic heterocycles. The Morgan fingerprint density at radius 1 is 1.25 bits per heavy atom. The second kappa shape index (κ2) is 12.8. The summed E-state index contributed by atoms with van der Waals surface area (Å²) in [5.74, 6) is 1.47. The van der Waals surface area contributed by atoms with Crippen molar-refractivity contribution in [3.63, 3.8) is 0 Å². The minimum absolute atomic E-state index is 0.0109. The maximum Gasteiger partial charge on any atom is 0.319 e. The standard InChI is InChI=1S/C34H43N9O4S/c1-21(24-8-6-14-41(24)3)46-32-37-23(18-26(38-32)42-15-16-43(34(20-42)12-13-34)27(44)10-7-17-45-4)30-39-31(47-40-30)33(2)11-5-9-25-28(33)22(19-35)29(36)48-25/h7,10,18,21,24H,5-6,8-9,11-17,20,36H2,1-4H3/b10-7-/t21-,24-,33-/m0/s1. The Hall–Kier alpha value is -4.06. The number of methoxy groups -OCH3 is 1. The van der Waals surface area contributed by atoms with E-state index in [0.29, 0.717) is 60.0 Å². The van der Waals surface area contributed by atoms with Gasteiger partial charge in [-0.3, -0.25) is 9.69 Å². The van der Waals surface area contributed by atoms with Gasteiger partial charge in [-0.25, -0.2) is 0 Å². The molecule has 2 N–H and O–H groups in total. The van der Waals surface area contributed by atoms with Crippen LogP contribution in [0.2, 0.25) is 0 Å². The number of fused-ring (bicyclic) bond motifs is 1.